The van der Waals surface area contributed by atoms with Crippen molar-refractivity contribution in [3.8, 4) is 0 Å². The summed E-state index contributed by atoms with van der Waals surface area (Å²) in [5.41, 5.74) is 1.03. The lowest BCUT2D eigenvalue weighted by atomic mass is 9.74. The van der Waals surface area contributed by atoms with Gasteiger partial charge in [0.05, 0.1) is 18.1 Å². The highest BCUT2D eigenvalue weighted by Gasteiger charge is 2.49. The lowest BCUT2D eigenvalue weighted by Gasteiger charge is -2.43. The molecule has 5 nitrogen and oxygen atoms in total. The second-order valence-corrected chi connectivity index (χ2v) is 7.26. The second kappa shape index (κ2) is 6.20. The van der Waals surface area contributed by atoms with Gasteiger partial charge in [-0.25, -0.2) is 0 Å². The van der Waals surface area contributed by atoms with Crippen molar-refractivity contribution in [1.29, 1.82) is 0 Å². The maximum atomic E-state index is 12.6. The van der Waals surface area contributed by atoms with Crippen LogP contribution in [0.4, 0.5) is 0 Å². The number of ether oxygens (including phenoxy) is 1. The van der Waals surface area contributed by atoms with Crippen LogP contribution in [0.25, 0.3) is 0 Å². The van der Waals surface area contributed by atoms with Gasteiger partial charge in [-0.2, -0.15) is 0 Å². The molecule has 5 heteroatoms. The number of rotatable bonds is 2. The first-order valence-corrected chi connectivity index (χ1v) is 8.90. The predicted octanol–water partition coefficient (Wildman–Crippen LogP) is 1.69. The van der Waals surface area contributed by atoms with E-state index in [1.807, 2.05) is 23.1 Å². The number of likely N-dealkylation sites (tertiary alicyclic amines) is 1. The molecule has 0 aliphatic carbocycles. The SMILES string of the molecule is O=C1C[C@H](c2ccccc2)C2(CCN(C(=O)[C@H]3CCOC3)CC2)N1. The molecule has 3 heterocycles. The number of carbonyl (C=O) groups is 2. The van der Waals surface area contributed by atoms with Crippen molar-refractivity contribution in [2.24, 2.45) is 5.92 Å². The van der Waals surface area contributed by atoms with Crippen LogP contribution in [0.5, 0.6) is 0 Å². The van der Waals surface area contributed by atoms with Crippen LogP contribution in [0, 0.1) is 5.92 Å². The maximum absolute atomic E-state index is 12.6. The summed E-state index contributed by atoms with van der Waals surface area (Å²) in [5, 5.41) is 3.25. The van der Waals surface area contributed by atoms with Crippen LogP contribution in [-0.2, 0) is 14.3 Å². The zero-order valence-electron chi connectivity index (χ0n) is 13.9. The predicted molar refractivity (Wildman–Crippen MR) is 89.4 cm³/mol. The topological polar surface area (TPSA) is 58.6 Å². The largest absolute Gasteiger partial charge is 0.381 e. The third-order valence-corrected chi connectivity index (χ3v) is 5.89. The average Bonchev–Trinajstić information content (AvgIpc) is 3.24. The van der Waals surface area contributed by atoms with Crippen LogP contribution in [0.3, 0.4) is 0 Å². The molecule has 4 rings (SSSR count). The molecule has 2 atom stereocenters. The number of nitrogens with one attached hydrogen (secondary N) is 1. The van der Waals surface area contributed by atoms with Gasteiger partial charge < -0.3 is 15.0 Å². The van der Waals surface area contributed by atoms with E-state index in [0.717, 1.165) is 32.4 Å². The molecule has 0 radical (unpaired) electrons. The molecule has 3 saturated heterocycles. The van der Waals surface area contributed by atoms with E-state index in [1.165, 1.54) is 5.56 Å². The lowest BCUT2D eigenvalue weighted by Crippen LogP contribution is -2.55. The molecule has 24 heavy (non-hydrogen) atoms. The van der Waals surface area contributed by atoms with Gasteiger partial charge >= 0.3 is 0 Å². The molecular weight excluding hydrogens is 304 g/mol. The number of piperidine rings is 1. The minimum Gasteiger partial charge on any atom is -0.381 e. The minimum absolute atomic E-state index is 0.0298. The summed E-state index contributed by atoms with van der Waals surface area (Å²) < 4.78 is 5.35. The molecule has 3 aliphatic rings. The van der Waals surface area contributed by atoms with Crippen molar-refractivity contribution in [1.82, 2.24) is 10.2 Å². The van der Waals surface area contributed by atoms with Gasteiger partial charge in [-0.15, -0.1) is 0 Å². The van der Waals surface area contributed by atoms with Crippen molar-refractivity contribution in [3.05, 3.63) is 35.9 Å². The number of hydrogen-bond acceptors (Lipinski definition) is 3. The summed E-state index contributed by atoms with van der Waals surface area (Å²) >= 11 is 0. The summed E-state index contributed by atoms with van der Waals surface area (Å²) in [6.45, 7) is 2.70. The Morgan fingerprint density at radius 2 is 1.96 bits per heavy atom. The van der Waals surface area contributed by atoms with E-state index in [0.29, 0.717) is 19.6 Å². The monoisotopic (exact) mass is 328 g/mol. The summed E-state index contributed by atoms with van der Waals surface area (Å²) in [6, 6.07) is 10.3. The van der Waals surface area contributed by atoms with E-state index in [1.54, 1.807) is 0 Å². The molecule has 1 aromatic rings. The fraction of sp³-hybridized carbons (Fsp3) is 0.579. The lowest BCUT2D eigenvalue weighted by molar-refractivity contribution is -0.137. The Hall–Kier alpha value is -1.88. The maximum Gasteiger partial charge on any atom is 0.228 e. The van der Waals surface area contributed by atoms with E-state index >= 15 is 0 Å². The molecule has 0 unspecified atom stereocenters. The van der Waals surface area contributed by atoms with Crippen molar-refractivity contribution >= 4 is 11.8 Å². The molecule has 2 amide bonds. The van der Waals surface area contributed by atoms with Crippen molar-refractivity contribution < 1.29 is 14.3 Å². The summed E-state index contributed by atoms with van der Waals surface area (Å²) in [4.78, 5) is 26.7. The molecular formula is C19H24N2O3. The van der Waals surface area contributed by atoms with Gasteiger partial charge in [0.15, 0.2) is 0 Å². The quantitative estimate of drug-likeness (QED) is 0.899. The van der Waals surface area contributed by atoms with E-state index < -0.39 is 0 Å². The normalized spacial score (nSPS) is 29.0. The van der Waals surface area contributed by atoms with Crippen molar-refractivity contribution in [3.63, 3.8) is 0 Å². The van der Waals surface area contributed by atoms with Crippen LogP contribution < -0.4 is 5.32 Å². The zero-order valence-corrected chi connectivity index (χ0v) is 13.9. The first-order valence-electron chi connectivity index (χ1n) is 8.90. The van der Waals surface area contributed by atoms with E-state index in [2.05, 4.69) is 17.4 Å². The van der Waals surface area contributed by atoms with Crippen LogP contribution >= 0.6 is 0 Å². The minimum atomic E-state index is -0.193. The second-order valence-electron chi connectivity index (χ2n) is 7.26. The third kappa shape index (κ3) is 2.71. The Balaban J connectivity index is 1.48. The molecule has 1 N–H and O–H groups in total. The highest BCUT2D eigenvalue weighted by atomic mass is 16.5. The number of amides is 2. The fourth-order valence-corrected chi connectivity index (χ4v) is 4.51. The zero-order chi connectivity index (χ0) is 16.6. The van der Waals surface area contributed by atoms with Crippen LogP contribution in [0.2, 0.25) is 0 Å². The molecule has 0 bridgehead atoms. The standard InChI is InChI=1S/C19H24N2O3/c22-17-12-16(14-4-2-1-3-5-14)19(20-17)7-9-21(10-8-19)18(23)15-6-11-24-13-15/h1-5,15-16H,6-13H2,(H,20,22)/t15-,16+/m0/s1. The highest BCUT2D eigenvalue weighted by molar-refractivity contribution is 5.82. The Bertz CT molecular complexity index is 617. The number of hydrogen-bond donors (Lipinski definition) is 1. The first kappa shape index (κ1) is 15.6. The summed E-state index contributed by atoms with van der Waals surface area (Å²) in [5.74, 6) is 0.594. The molecule has 0 saturated carbocycles. The average molecular weight is 328 g/mol. The van der Waals surface area contributed by atoms with Crippen LogP contribution in [-0.4, -0.2) is 48.6 Å². The fourth-order valence-electron chi connectivity index (χ4n) is 4.51. The molecule has 3 aliphatic heterocycles. The molecule has 1 aromatic carbocycles. The number of benzene rings is 1. The Morgan fingerprint density at radius 1 is 1.21 bits per heavy atom. The van der Waals surface area contributed by atoms with E-state index in [-0.39, 0.29) is 29.2 Å². The summed E-state index contributed by atoms with van der Waals surface area (Å²) in [7, 11) is 0. The Labute approximate surface area is 142 Å². The molecule has 128 valence electrons. The summed E-state index contributed by atoms with van der Waals surface area (Å²) in [6.07, 6.45) is 3.05. The molecule has 0 aromatic heterocycles. The van der Waals surface area contributed by atoms with Gasteiger partial charge in [0.25, 0.3) is 0 Å². The van der Waals surface area contributed by atoms with Gasteiger partial charge in [-0.1, -0.05) is 30.3 Å². The Kier molecular flexibility index (Phi) is 4.04. The van der Waals surface area contributed by atoms with Crippen molar-refractivity contribution in [2.75, 3.05) is 26.3 Å². The van der Waals surface area contributed by atoms with E-state index in [4.69, 9.17) is 4.74 Å². The smallest absolute Gasteiger partial charge is 0.228 e. The van der Waals surface area contributed by atoms with Gasteiger partial charge in [0, 0.05) is 32.0 Å². The van der Waals surface area contributed by atoms with Crippen molar-refractivity contribution in [2.45, 2.75) is 37.1 Å². The number of nitrogens with zero attached hydrogens (tertiary/aromatic N) is 1. The Morgan fingerprint density at radius 3 is 2.62 bits per heavy atom. The van der Waals surface area contributed by atoms with E-state index in [9.17, 15) is 9.59 Å². The number of carbonyl (C=O) groups excluding carboxylic acids is 2. The van der Waals surface area contributed by atoms with Gasteiger partial charge in [-0.3, -0.25) is 9.59 Å². The van der Waals surface area contributed by atoms with Gasteiger partial charge in [0.1, 0.15) is 0 Å². The highest BCUT2D eigenvalue weighted by Crippen LogP contribution is 2.43. The van der Waals surface area contributed by atoms with Gasteiger partial charge in [0.2, 0.25) is 11.8 Å². The van der Waals surface area contributed by atoms with Gasteiger partial charge in [-0.05, 0) is 24.8 Å². The molecule has 1 spiro atoms. The molecule has 3 fully saturated rings. The van der Waals surface area contributed by atoms with Crippen LogP contribution in [0.15, 0.2) is 30.3 Å². The first-order chi connectivity index (χ1) is 11.7. The third-order valence-electron chi connectivity index (χ3n) is 5.89. The van der Waals surface area contributed by atoms with Crippen LogP contribution in [0.1, 0.15) is 37.2 Å².